The summed E-state index contributed by atoms with van der Waals surface area (Å²) in [7, 11) is 1.41. The van der Waals surface area contributed by atoms with Crippen molar-refractivity contribution < 1.29 is 9.53 Å². The maximum Gasteiger partial charge on any atom is 0.350 e. The average molecular weight is 254 g/mol. The van der Waals surface area contributed by atoms with E-state index in [1.54, 1.807) is 0 Å². The molecule has 0 aliphatic heterocycles. The Kier molecular flexibility index (Phi) is 3.66. The average Bonchev–Trinajstić information content (AvgIpc) is 3.08. The highest BCUT2D eigenvalue weighted by Crippen LogP contribution is 2.35. The Hall–Kier alpha value is -1.10. The molecule has 2 rings (SSSR count). The van der Waals surface area contributed by atoms with Gasteiger partial charge in [-0.15, -0.1) is 0 Å². The van der Waals surface area contributed by atoms with Gasteiger partial charge in [-0.1, -0.05) is 18.3 Å². The molecular weight excluding hydrogens is 236 g/mol. The molecular formula is C12H18N2O2S. The third-order valence-corrected chi connectivity index (χ3v) is 4.03. The molecule has 0 aromatic carbocycles. The van der Waals surface area contributed by atoms with Gasteiger partial charge in [0.05, 0.1) is 12.8 Å². The van der Waals surface area contributed by atoms with Crippen LogP contribution in [-0.2, 0) is 4.74 Å². The second kappa shape index (κ2) is 5.04. The minimum Gasteiger partial charge on any atom is -0.465 e. The summed E-state index contributed by atoms with van der Waals surface area (Å²) in [5, 5.41) is 0.965. The highest BCUT2D eigenvalue weighted by atomic mass is 32.1. The summed E-state index contributed by atoms with van der Waals surface area (Å²) in [6, 6.07) is 0.631. The number of esters is 1. The molecule has 0 unspecified atom stereocenters. The van der Waals surface area contributed by atoms with Crippen LogP contribution in [0.1, 0.15) is 41.6 Å². The number of ether oxygens (including phenoxy) is 1. The lowest BCUT2D eigenvalue weighted by molar-refractivity contribution is 0.0605. The number of carbonyl (C=O) groups is 1. The van der Waals surface area contributed by atoms with Crippen LogP contribution in [0.4, 0.5) is 5.13 Å². The number of aromatic nitrogens is 1. The second-order valence-electron chi connectivity index (χ2n) is 4.33. The van der Waals surface area contributed by atoms with E-state index in [2.05, 4.69) is 16.8 Å². The molecule has 1 heterocycles. The first-order valence-corrected chi connectivity index (χ1v) is 6.81. The normalized spacial score (nSPS) is 14.8. The molecule has 0 amide bonds. The van der Waals surface area contributed by atoms with Gasteiger partial charge in [-0.25, -0.2) is 9.78 Å². The molecule has 1 aromatic heterocycles. The van der Waals surface area contributed by atoms with Gasteiger partial charge in [0.15, 0.2) is 5.13 Å². The molecule has 1 saturated carbocycles. The number of anilines is 1. The van der Waals surface area contributed by atoms with Crippen LogP contribution in [0, 0.1) is 6.92 Å². The minimum absolute atomic E-state index is 0.279. The van der Waals surface area contributed by atoms with E-state index in [1.807, 2.05) is 6.92 Å². The fraction of sp³-hybridized carbons (Fsp3) is 0.667. The van der Waals surface area contributed by atoms with E-state index in [0.29, 0.717) is 10.9 Å². The van der Waals surface area contributed by atoms with Crippen molar-refractivity contribution in [2.75, 3.05) is 18.6 Å². The molecule has 5 heteroatoms. The van der Waals surface area contributed by atoms with Gasteiger partial charge in [-0.3, -0.25) is 0 Å². The standard InChI is InChI=1S/C12H18N2O2S/c1-4-7-14(9-5-6-9)12-13-8(2)10(17-12)11(15)16-3/h9H,4-7H2,1-3H3. The quantitative estimate of drug-likeness (QED) is 0.758. The summed E-state index contributed by atoms with van der Waals surface area (Å²) in [6.07, 6.45) is 3.58. The summed E-state index contributed by atoms with van der Waals surface area (Å²) in [4.78, 5) is 19.0. The van der Waals surface area contributed by atoms with Gasteiger partial charge in [-0.05, 0) is 26.2 Å². The Balaban J connectivity index is 2.22. The zero-order chi connectivity index (χ0) is 12.4. The number of aryl methyl sites for hydroxylation is 1. The third kappa shape index (κ3) is 2.60. The highest BCUT2D eigenvalue weighted by Gasteiger charge is 2.31. The molecule has 0 bridgehead atoms. The summed E-state index contributed by atoms with van der Waals surface area (Å²) in [5.41, 5.74) is 0.776. The van der Waals surface area contributed by atoms with Gasteiger partial charge in [-0.2, -0.15) is 0 Å². The predicted molar refractivity (Wildman–Crippen MR) is 68.8 cm³/mol. The van der Waals surface area contributed by atoms with Gasteiger partial charge in [0, 0.05) is 12.6 Å². The van der Waals surface area contributed by atoms with E-state index < -0.39 is 0 Å². The van der Waals surface area contributed by atoms with Crippen molar-refractivity contribution in [3.63, 3.8) is 0 Å². The van der Waals surface area contributed by atoms with Gasteiger partial charge in [0.1, 0.15) is 4.88 Å². The van der Waals surface area contributed by atoms with Crippen molar-refractivity contribution in [2.24, 2.45) is 0 Å². The van der Waals surface area contributed by atoms with Crippen LogP contribution in [0.3, 0.4) is 0 Å². The molecule has 1 aliphatic rings. The first-order valence-electron chi connectivity index (χ1n) is 5.99. The first kappa shape index (κ1) is 12.4. The van der Waals surface area contributed by atoms with E-state index in [9.17, 15) is 4.79 Å². The number of thiazole rings is 1. The lowest BCUT2D eigenvalue weighted by Crippen LogP contribution is -2.26. The highest BCUT2D eigenvalue weighted by molar-refractivity contribution is 7.17. The van der Waals surface area contributed by atoms with Crippen molar-refractivity contribution in [3.8, 4) is 0 Å². The van der Waals surface area contributed by atoms with Crippen molar-refractivity contribution in [3.05, 3.63) is 10.6 Å². The minimum atomic E-state index is -0.279. The number of rotatable bonds is 5. The van der Waals surface area contributed by atoms with Gasteiger partial charge in [0.25, 0.3) is 0 Å². The number of methoxy groups -OCH3 is 1. The smallest absolute Gasteiger partial charge is 0.350 e. The van der Waals surface area contributed by atoms with Gasteiger partial charge >= 0.3 is 5.97 Å². The number of hydrogen-bond donors (Lipinski definition) is 0. The lowest BCUT2D eigenvalue weighted by atomic mass is 10.4. The van der Waals surface area contributed by atoms with Crippen LogP contribution in [0.25, 0.3) is 0 Å². The monoisotopic (exact) mass is 254 g/mol. The maximum atomic E-state index is 11.5. The molecule has 0 N–H and O–H groups in total. The zero-order valence-corrected chi connectivity index (χ0v) is 11.3. The maximum absolute atomic E-state index is 11.5. The van der Waals surface area contributed by atoms with E-state index in [0.717, 1.165) is 23.8 Å². The molecule has 0 spiro atoms. The number of hydrogen-bond acceptors (Lipinski definition) is 5. The molecule has 4 nitrogen and oxygen atoms in total. The molecule has 17 heavy (non-hydrogen) atoms. The largest absolute Gasteiger partial charge is 0.465 e. The van der Waals surface area contributed by atoms with E-state index in [-0.39, 0.29) is 5.97 Å². The van der Waals surface area contributed by atoms with Gasteiger partial charge < -0.3 is 9.64 Å². The zero-order valence-electron chi connectivity index (χ0n) is 10.5. The van der Waals surface area contributed by atoms with Crippen LogP contribution in [0.2, 0.25) is 0 Å². The topological polar surface area (TPSA) is 42.4 Å². The third-order valence-electron chi connectivity index (χ3n) is 2.85. The lowest BCUT2D eigenvalue weighted by Gasteiger charge is -2.20. The summed E-state index contributed by atoms with van der Waals surface area (Å²) < 4.78 is 4.76. The molecule has 1 fully saturated rings. The molecule has 1 aromatic rings. The fourth-order valence-electron chi connectivity index (χ4n) is 1.85. The van der Waals surface area contributed by atoms with Crippen molar-refractivity contribution >= 4 is 22.4 Å². The second-order valence-corrected chi connectivity index (χ2v) is 5.30. The fourth-order valence-corrected chi connectivity index (χ4v) is 2.93. The van der Waals surface area contributed by atoms with E-state index in [1.165, 1.54) is 31.3 Å². The van der Waals surface area contributed by atoms with Crippen molar-refractivity contribution in [1.82, 2.24) is 4.98 Å². The van der Waals surface area contributed by atoms with E-state index in [4.69, 9.17) is 4.74 Å². The van der Waals surface area contributed by atoms with Gasteiger partial charge in [0.2, 0.25) is 0 Å². The van der Waals surface area contributed by atoms with Crippen molar-refractivity contribution in [1.29, 1.82) is 0 Å². The molecule has 0 saturated heterocycles. The Labute approximate surface area is 106 Å². The number of carbonyl (C=O) groups excluding carboxylic acids is 1. The van der Waals surface area contributed by atoms with Crippen molar-refractivity contribution in [2.45, 2.75) is 39.2 Å². The molecule has 1 aliphatic carbocycles. The first-order chi connectivity index (χ1) is 8.17. The molecule has 0 radical (unpaired) electrons. The van der Waals surface area contributed by atoms with Crippen LogP contribution < -0.4 is 4.90 Å². The van der Waals surface area contributed by atoms with Crippen LogP contribution in [0.5, 0.6) is 0 Å². The van der Waals surface area contributed by atoms with Crippen LogP contribution in [-0.4, -0.2) is 30.6 Å². The van der Waals surface area contributed by atoms with Crippen LogP contribution in [0.15, 0.2) is 0 Å². The summed E-state index contributed by atoms with van der Waals surface area (Å²) >= 11 is 1.45. The Morgan fingerprint density at radius 3 is 2.82 bits per heavy atom. The Morgan fingerprint density at radius 1 is 1.59 bits per heavy atom. The SMILES string of the molecule is CCCN(c1nc(C)c(C(=O)OC)s1)C1CC1. The predicted octanol–water partition coefficient (Wildman–Crippen LogP) is 2.62. The summed E-state index contributed by atoms with van der Waals surface area (Å²) in [6.45, 7) is 5.04. The van der Waals surface area contributed by atoms with Crippen LogP contribution >= 0.6 is 11.3 Å². The Morgan fingerprint density at radius 2 is 2.29 bits per heavy atom. The summed E-state index contributed by atoms with van der Waals surface area (Å²) in [5.74, 6) is -0.279. The molecule has 94 valence electrons. The molecule has 0 atom stereocenters. The number of nitrogens with zero attached hydrogens (tertiary/aromatic N) is 2. The Bertz CT molecular complexity index is 413. The van der Waals surface area contributed by atoms with E-state index >= 15 is 0 Å².